The molecule has 0 aliphatic carbocycles. The minimum absolute atomic E-state index is 0.194. The summed E-state index contributed by atoms with van der Waals surface area (Å²) in [5, 5.41) is 2.77. The van der Waals surface area contributed by atoms with E-state index >= 15 is 0 Å². The Morgan fingerprint density at radius 2 is 1.35 bits per heavy atom. The van der Waals surface area contributed by atoms with E-state index < -0.39 is 10.0 Å². The number of nitrogens with zero attached hydrogens (tertiary/aromatic N) is 1. The first-order valence-corrected chi connectivity index (χ1v) is 12.8. The molecule has 4 rings (SSSR count). The Bertz CT molecular complexity index is 1170. The van der Waals surface area contributed by atoms with Crippen LogP contribution in [0.1, 0.15) is 25.7 Å². The summed E-state index contributed by atoms with van der Waals surface area (Å²) in [6, 6.07) is 22.7. The van der Waals surface area contributed by atoms with Crippen LogP contribution in [0, 0.1) is 0 Å². The number of rotatable bonds is 8. The van der Waals surface area contributed by atoms with E-state index in [9.17, 15) is 13.2 Å². The molecule has 0 aromatic heterocycles. The van der Waals surface area contributed by atoms with E-state index in [1.54, 1.807) is 40.7 Å². The first-order valence-electron chi connectivity index (χ1n) is 11.4. The Labute approximate surface area is 200 Å². The van der Waals surface area contributed by atoms with Crippen LogP contribution in [-0.4, -0.2) is 38.3 Å². The smallest absolute Gasteiger partial charge is 0.262 e. The van der Waals surface area contributed by atoms with Gasteiger partial charge < -0.3 is 14.8 Å². The lowest BCUT2D eigenvalue weighted by molar-refractivity contribution is -0.118. The number of amides is 1. The molecule has 3 aromatic carbocycles. The highest BCUT2D eigenvalue weighted by molar-refractivity contribution is 7.89. The standard InChI is InChI=1S/C26H28N2O5S/c29-26(27-21-10-12-24(13-11-21)33-23-8-4-3-5-9-23)20-32-22-14-16-25(17-15-22)34(30,31)28-18-6-1-2-7-19-28/h3-5,8-17H,1-2,6-7,18-20H2,(H,27,29). The van der Waals surface area contributed by atoms with Crippen molar-refractivity contribution in [1.82, 2.24) is 4.31 Å². The van der Waals surface area contributed by atoms with Gasteiger partial charge in [0.05, 0.1) is 4.90 Å². The number of benzene rings is 3. The maximum Gasteiger partial charge on any atom is 0.262 e. The van der Waals surface area contributed by atoms with E-state index in [0.29, 0.717) is 30.3 Å². The number of ether oxygens (including phenoxy) is 2. The van der Waals surface area contributed by atoms with Crippen LogP contribution in [0.3, 0.4) is 0 Å². The van der Waals surface area contributed by atoms with Gasteiger partial charge in [0.1, 0.15) is 17.2 Å². The van der Waals surface area contributed by atoms with Crippen molar-refractivity contribution in [3.05, 3.63) is 78.9 Å². The zero-order valence-electron chi connectivity index (χ0n) is 18.9. The molecule has 1 heterocycles. The van der Waals surface area contributed by atoms with Crippen molar-refractivity contribution >= 4 is 21.6 Å². The van der Waals surface area contributed by atoms with E-state index in [1.165, 1.54) is 12.1 Å². The summed E-state index contributed by atoms with van der Waals surface area (Å²) in [7, 11) is -3.51. The van der Waals surface area contributed by atoms with Crippen LogP contribution in [0.5, 0.6) is 17.2 Å². The normalized spacial score (nSPS) is 14.7. The van der Waals surface area contributed by atoms with Crippen LogP contribution in [0.2, 0.25) is 0 Å². The molecule has 1 amide bonds. The molecule has 0 bridgehead atoms. The molecular weight excluding hydrogens is 452 g/mol. The molecule has 0 spiro atoms. The van der Waals surface area contributed by atoms with Gasteiger partial charge in [-0.1, -0.05) is 31.0 Å². The molecule has 7 nitrogen and oxygen atoms in total. The summed E-state index contributed by atoms with van der Waals surface area (Å²) in [6.07, 6.45) is 3.90. The van der Waals surface area contributed by atoms with E-state index in [2.05, 4.69) is 5.32 Å². The second-order valence-electron chi connectivity index (χ2n) is 8.07. The highest BCUT2D eigenvalue weighted by Crippen LogP contribution is 2.24. The average Bonchev–Trinajstić information content (AvgIpc) is 3.15. The lowest BCUT2D eigenvalue weighted by atomic mass is 10.2. The summed E-state index contributed by atoms with van der Waals surface area (Å²) in [5.41, 5.74) is 0.618. The Morgan fingerprint density at radius 3 is 2.00 bits per heavy atom. The minimum atomic E-state index is -3.51. The monoisotopic (exact) mass is 480 g/mol. The first kappa shape index (κ1) is 23.8. The highest BCUT2D eigenvalue weighted by Gasteiger charge is 2.25. The third-order valence-corrected chi connectivity index (χ3v) is 7.43. The molecule has 1 N–H and O–H groups in total. The number of carbonyl (C=O) groups is 1. The van der Waals surface area contributed by atoms with Gasteiger partial charge in [-0.05, 0) is 73.5 Å². The topological polar surface area (TPSA) is 84.9 Å². The minimum Gasteiger partial charge on any atom is -0.484 e. The van der Waals surface area contributed by atoms with E-state index in [-0.39, 0.29) is 17.4 Å². The van der Waals surface area contributed by atoms with Crippen molar-refractivity contribution < 1.29 is 22.7 Å². The van der Waals surface area contributed by atoms with Crippen LogP contribution in [-0.2, 0) is 14.8 Å². The Hall–Kier alpha value is -3.36. The third-order valence-electron chi connectivity index (χ3n) is 5.51. The number of hydrogen-bond acceptors (Lipinski definition) is 5. The summed E-state index contributed by atoms with van der Waals surface area (Å²) in [5.74, 6) is 1.50. The number of para-hydroxylation sites is 1. The van der Waals surface area contributed by atoms with Crippen LogP contribution in [0.25, 0.3) is 0 Å². The van der Waals surface area contributed by atoms with Crippen molar-refractivity contribution in [1.29, 1.82) is 0 Å². The predicted molar refractivity (Wildman–Crippen MR) is 131 cm³/mol. The summed E-state index contributed by atoms with van der Waals surface area (Å²) >= 11 is 0. The quantitative estimate of drug-likeness (QED) is 0.487. The molecule has 0 atom stereocenters. The van der Waals surface area contributed by atoms with E-state index in [0.717, 1.165) is 31.4 Å². The van der Waals surface area contributed by atoms with Gasteiger partial charge in [0.15, 0.2) is 6.61 Å². The maximum atomic E-state index is 12.9. The number of carbonyl (C=O) groups excluding carboxylic acids is 1. The Kier molecular flexibility index (Phi) is 7.82. The van der Waals surface area contributed by atoms with Gasteiger partial charge in [-0.3, -0.25) is 4.79 Å². The first-order chi connectivity index (χ1) is 16.5. The van der Waals surface area contributed by atoms with Gasteiger partial charge in [0, 0.05) is 18.8 Å². The summed E-state index contributed by atoms with van der Waals surface area (Å²) in [6.45, 7) is 0.917. The summed E-state index contributed by atoms with van der Waals surface area (Å²) < 4.78 is 38.5. The third kappa shape index (κ3) is 6.36. The van der Waals surface area contributed by atoms with Gasteiger partial charge in [-0.2, -0.15) is 4.31 Å². The Balaban J connectivity index is 1.27. The van der Waals surface area contributed by atoms with Gasteiger partial charge in [0.2, 0.25) is 10.0 Å². The molecule has 8 heteroatoms. The van der Waals surface area contributed by atoms with E-state index in [4.69, 9.17) is 9.47 Å². The summed E-state index contributed by atoms with van der Waals surface area (Å²) in [4.78, 5) is 12.5. The zero-order chi connectivity index (χ0) is 23.8. The predicted octanol–water partition coefficient (Wildman–Crippen LogP) is 5.06. The second kappa shape index (κ2) is 11.2. The number of hydrogen-bond donors (Lipinski definition) is 1. The fourth-order valence-corrected chi connectivity index (χ4v) is 5.23. The lowest BCUT2D eigenvalue weighted by Gasteiger charge is -2.20. The average molecular weight is 481 g/mol. The maximum absolute atomic E-state index is 12.9. The van der Waals surface area contributed by atoms with Gasteiger partial charge in [-0.25, -0.2) is 8.42 Å². The van der Waals surface area contributed by atoms with Crippen LogP contribution in [0.15, 0.2) is 83.8 Å². The number of nitrogens with one attached hydrogen (secondary N) is 1. The molecule has 1 aliphatic rings. The van der Waals surface area contributed by atoms with Crippen LogP contribution in [0.4, 0.5) is 5.69 Å². The number of sulfonamides is 1. The van der Waals surface area contributed by atoms with Crippen molar-refractivity contribution in [2.75, 3.05) is 25.0 Å². The fraction of sp³-hybridized carbons (Fsp3) is 0.269. The molecule has 0 radical (unpaired) electrons. The largest absolute Gasteiger partial charge is 0.484 e. The van der Waals surface area contributed by atoms with Crippen LogP contribution < -0.4 is 14.8 Å². The fourth-order valence-electron chi connectivity index (χ4n) is 3.72. The highest BCUT2D eigenvalue weighted by atomic mass is 32.2. The molecular formula is C26H28N2O5S. The van der Waals surface area contributed by atoms with Gasteiger partial charge in [0.25, 0.3) is 5.91 Å². The second-order valence-corrected chi connectivity index (χ2v) is 10.0. The van der Waals surface area contributed by atoms with Gasteiger partial charge in [-0.15, -0.1) is 0 Å². The van der Waals surface area contributed by atoms with Crippen LogP contribution >= 0.6 is 0 Å². The molecule has 1 saturated heterocycles. The molecule has 0 saturated carbocycles. The molecule has 1 fully saturated rings. The molecule has 1 aliphatic heterocycles. The molecule has 3 aromatic rings. The molecule has 34 heavy (non-hydrogen) atoms. The Morgan fingerprint density at radius 1 is 0.765 bits per heavy atom. The van der Waals surface area contributed by atoms with Crippen molar-refractivity contribution in [2.24, 2.45) is 0 Å². The van der Waals surface area contributed by atoms with Crippen molar-refractivity contribution in [3.8, 4) is 17.2 Å². The SMILES string of the molecule is O=C(COc1ccc(S(=O)(=O)N2CCCCCC2)cc1)Nc1ccc(Oc2ccccc2)cc1. The molecule has 178 valence electrons. The molecule has 0 unspecified atom stereocenters. The number of anilines is 1. The van der Waals surface area contributed by atoms with Crippen molar-refractivity contribution in [2.45, 2.75) is 30.6 Å². The van der Waals surface area contributed by atoms with E-state index in [1.807, 2.05) is 30.3 Å². The zero-order valence-corrected chi connectivity index (χ0v) is 19.7. The lowest BCUT2D eigenvalue weighted by Crippen LogP contribution is -2.31. The van der Waals surface area contributed by atoms with Crippen molar-refractivity contribution in [3.63, 3.8) is 0 Å². The van der Waals surface area contributed by atoms with Gasteiger partial charge >= 0.3 is 0 Å².